The van der Waals surface area contributed by atoms with Gasteiger partial charge < -0.3 is 5.11 Å². The zero-order valence-corrected chi connectivity index (χ0v) is 12.3. The Balaban J connectivity index is 2.95. The largest absolute Gasteiger partial charge is 0.396 e. The van der Waals surface area contributed by atoms with Crippen LogP contribution in [0.2, 0.25) is 5.02 Å². The van der Waals surface area contributed by atoms with Gasteiger partial charge in [-0.1, -0.05) is 54.4 Å². The molecule has 0 amide bonds. The zero-order valence-electron chi connectivity index (χ0n) is 9.93. The second kappa shape index (κ2) is 5.52. The van der Waals surface area contributed by atoms with Gasteiger partial charge in [-0.2, -0.15) is 0 Å². The SMILES string of the molecule is CC(C)C(C)(CO)Cc1ccc(Br)cc1Cl. The maximum atomic E-state index is 9.51. The number of rotatable bonds is 4. The first-order valence-corrected chi connectivity index (χ1v) is 6.61. The molecule has 1 unspecified atom stereocenters. The van der Waals surface area contributed by atoms with E-state index >= 15 is 0 Å². The summed E-state index contributed by atoms with van der Waals surface area (Å²) in [7, 11) is 0. The molecule has 0 saturated heterocycles. The summed E-state index contributed by atoms with van der Waals surface area (Å²) in [5.74, 6) is 0.414. The van der Waals surface area contributed by atoms with Crippen molar-refractivity contribution in [1.29, 1.82) is 0 Å². The number of aliphatic hydroxyl groups excluding tert-OH is 1. The molecule has 3 heteroatoms. The standard InChI is InChI=1S/C13H18BrClO/c1-9(2)13(3,8-16)7-10-4-5-11(14)6-12(10)15/h4-6,9,16H,7-8H2,1-3H3. The minimum absolute atomic E-state index is 0.114. The van der Waals surface area contributed by atoms with Crippen LogP contribution in [0, 0.1) is 11.3 Å². The average Bonchev–Trinajstić information content (AvgIpc) is 2.22. The molecule has 90 valence electrons. The van der Waals surface area contributed by atoms with Crippen LogP contribution < -0.4 is 0 Å². The summed E-state index contributed by atoms with van der Waals surface area (Å²) >= 11 is 9.57. The molecule has 16 heavy (non-hydrogen) atoms. The van der Waals surface area contributed by atoms with Crippen LogP contribution in [0.3, 0.4) is 0 Å². The highest BCUT2D eigenvalue weighted by molar-refractivity contribution is 9.10. The molecule has 0 heterocycles. The Kier molecular flexibility index (Phi) is 4.84. The van der Waals surface area contributed by atoms with E-state index in [9.17, 15) is 5.11 Å². The molecule has 0 bridgehead atoms. The third-order valence-corrected chi connectivity index (χ3v) is 4.21. The summed E-state index contributed by atoms with van der Waals surface area (Å²) in [6, 6.07) is 5.90. The maximum absolute atomic E-state index is 9.51. The van der Waals surface area contributed by atoms with Crippen molar-refractivity contribution in [2.75, 3.05) is 6.61 Å². The van der Waals surface area contributed by atoms with E-state index in [1.54, 1.807) is 0 Å². The molecule has 0 fully saturated rings. The molecule has 0 radical (unpaired) electrons. The van der Waals surface area contributed by atoms with Crippen molar-refractivity contribution < 1.29 is 5.11 Å². The lowest BCUT2D eigenvalue weighted by atomic mass is 9.75. The Labute approximate surface area is 111 Å². The summed E-state index contributed by atoms with van der Waals surface area (Å²) in [5.41, 5.74) is 0.979. The fraction of sp³-hybridized carbons (Fsp3) is 0.538. The quantitative estimate of drug-likeness (QED) is 0.879. The number of hydrogen-bond acceptors (Lipinski definition) is 1. The smallest absolute Gasteiger partial charge is 0.0490 e. The Morgan fingerprint density at radius 2 is 2.06 bits per heavy atom. The van der Waals surface area contributed by atoms with Crippen molar-refractivity contribution in [1.82, 2.24) is 0 Å². The van der Waals surface area contributed by atoms with E-state index in [1.807, 2.05) is 18.2 Å². The molecule has 1 N–H and O–H groups in total. The van der Waals surface area contributed by atoms with Gasteiger partial charge in [0.25, 0.3) is 0 Å². The molecule has 0 aliphatic rings. The summed E-state index contributed by atoms with van der Waals surface area (Å²) in [5, 5.41) is 10.3. The Morgan fingerprint density at radius 3 is 2.50 bits per heavy atom. The van der Waals surface area contributed by atoms with Crippen LogP contribution in [0.5, 0.6) is 0 Å². The normalized spacial score (nSPS) is 15.2. The van der Waals surface area contributed by atoms with Gasteiger partial charge in [-0.25, -0.2) is 0 Å². The van der Waals surface area contributed by atoms with Gasteiger partial charge in [0, 0.05) is 16.1 Å². The number of halogens is 2. The van der Waals surface area contributed by atoms with Crippen molar-refractivity contribution in [3.63, 3.8) is 0 Å². The second-order valence-corrected chi connectivity index (χ2v) is 6.20. The number of benzene rings is 1. The lowest BCUT2D eigenvalue weighted by molar-refractivity contribution is 0.0948. The topological polar surface area (TPSA) is 20.2 Å². The monoisotopic (exact) mass is 304 g/mol. The Hall–Kier alpha value is -0.0500. The van der Waals surface area contributed by atoms with Crippen molar-refractivity contribution in [2.24, 2.45) is 11.3 Å². The first-order chi connectivity index (χ1) is 7.39. The Bertz CT molecular complexity index is 365. The first-order valence-electron chi connectivity index (χ1n) is 5.44. The molecule has 0 aliphatic heterocycles. The molecule has 1 atom stereocenters. The fourth-order valence-corrected chi connectivity index (χ4v) is 2.28. The van der Waals surface area contributed by atoms with E-state index in [0.29, 0.717) is 5.92 Å². The van der Waals surface area contributed by atoms with Gasteiger partial charge in [0.2, 0.25) is 0 Å². The van der Waals surface area contributed by atoms with E-state index in [-0.39, 0.29) is 12.0 Å². The average molecular weight is 306 g/mol. The van der Waals surface area contributed by atoms with Crippen LogP contribution in [0.15, 0.2) is 22.7 Å². The number of aliphatic hydroxyl groups is 1. The molecule has 1 nitrogen and oxygen atoms in total. The third-order valence-electron chi connectivity index (χ3n) is 3.36. The Morgan fingerprint density at radius 1 is 1.44 bits per heavy atom. The van der Waals surface area contributed by atoms with E-state index < -0.39 is 0 Å². The summed E-state index contributed by atoms with van der Waals surface area (Å²) in [6.07, 6.45) is 0.799. The van der Waals surface area contributed by atoms with E-state index in [4.69, 9.17) is 11.6 Å². The van der Waals surface area contributed by atoms with Crippen LogP contribution in [0.25, 0.3) is 0 Å². The van der Waals surface area contributed by atoms with Crippen LogP contribution in [-0.2, 0) is 6.42 Å². The highest BCUT2D eigenvalue weighted by Crippen LogP contribution is 2.33. The minimum atomic E-state index is -0.114. The molecule has 0 aromatic heterocycles. The minimum Gasteiger partial charge on any atom is -0.396 e. The molecule has 1 aromatic carbocycles. The van der Waals surface area contributed by atoms with E-state index in [1.165, 1.54) is 0 Å². The van der Waals surface area contributed by atoms with Crippen LogP contribution in [0.1, 0.15) is 26.3 Å². The van der Waals surface area contributed by atoms with Crippen molar-refractivity contribution in [2.45, 2.75) is 27.2 Å². The summed E-state index contributed by atoms with van der Waals surface area (Å²) in [4.78, 5) is 0. The van der Waals surface area contributed by atoms with Gasteiger partial charge in [0.15, 0.2) is 0 Å². The molecule has 0 spiro atoms. The zero-order chi connectivity index (χ0) is 12.3. The highest BCUT2D eigenvalue weighted by Gasteiger charge is 2.28. The van der Waals surface area contributed by atoms with Gasteiger partial charge in [0.1, 0.15) is 0 Å². The maximum Gasteiger partial charge on any atom is 0.0490 e. The summed E-state index contributed by atoms with van der Waals surface area (Å²) < 4.78 is 0.983. The molecular formula is C13H18BrClO. The third kappa shape index (κ3) is 3.22. The first kappa shape index (κ1) is 14.0. The predicted octanol–water partition coefficient (Wildman–Crippen LogP) is 4.30. The lowest BCUT2D eigenvalue weighted by Gasteiger charge is -2.32. The van der Waals surface area contributed by atoms with Crippen LogP contribution in [-0.4, -0.2) is 11.7 Å². The summed E-state index contributed by atoms with van der Waals surface area (Å²) in [6.45, 7) is 6.53. The van der Waals surface area contributed by atoms with Crippen molar-refractivity contribution in [3.8, 4) is 0 Å². The van der Waals surface area contributed by atoms with Crippen molar-refractivity contribution >= 4 is 27.5 Å². The van der Waals surface area contributed by atoms with Crippen LogP contribution in [0.4, 0.5) is 0 Å². The van der Waals surface area contributed by atoms with Gasteiger partial charge >= 0.3 is 0 Å². The fourth-order valence-electron chi connectivity index (χ4n) is 1.54. The second-order valence-electron chi connectivity index (χ2n) is 4.88. The highest BCUT2D eigenvalue weighted by atomic mass is 79.9. The van der Waals surface area contributed by atoms with Crippen molar-refractivity contribution in [3.05, 3.63) is 33.3 Å². The number of hydrogen-bond donors (Lipinski definition) is 1. The van der Waals surface area contributed by atoms with Gasteiger partial charge in [-0.15, -0.1) is 0 Å². The molecule has 1 aromatic rings. The van der Waals surface area contributed by atoms with Gasteiger partial charge in [-0.3, -0.25) is 0 Å². The van der Waals surface area contributed by atoms with Crippen LogP contribution >= 0.6 is 27.5 Å². The predicted molar refractivity (Wildman–Crippen MR) is 72.9 cm³/mol. The van der Waals surface area contributed by atoms with E-state index in [2.05, 4.69) is 36.7 Å². The lowest BCUT2D eigenvalue weighted by Crippen LogP contribution is -2.30. The molecular weight excluding hydrogens is 287 g/mol. The van der Waals surface area contributed by atoms with E-state index in [0.717, 1.165) is 21.5 Å². The molecule has 0 aliphatic carbocycles. The molecule has 0 saturated carbocycles. The van der Waals surface area contributed by atoms with Gasteiger partial charge in [-0.05, 0) is 35.4 Å². The van der Waals surface area contributed by atoms with Gasteiger partial charge in [0.05, 0.1) is 0 Å². The molecule has 1 rings (SSSR count).